The third-order valence-corrected chi connectivity index (χ3v) is 3.84. The molecule has 2 aliphatic carbocycles. The quantitative estimate of drug-likeness (QED) is 0.494. The average Bonchev–Trinajstić information content (AvgIpc) is 2.97. The van der Waals surface area contributed by atoms with Crippen LogP contribution in [-0.2, 0) is 19.0 Å². The van der Waals surface area contributed by atoms with E-state index in [9.17, 15) is 4.79 Å². The Labute approximate surface area is 94.5 Å². The molecule has 2 fully saturated rings. The summed E-state index contributed by atoms with van der Waals surface area (Å²) in [5, 5.41) is 0. The molecule has 3 aliphatic rings. The van der Waals surface area contributed by atoms with Crippen LogP contribution in [0.15, 0.2) is 12.2 Å². The molecule has 1 aliphatic heterocycles. The number of hydrogen-bond donors (Lipinski definition) is 0. The van der Waals surface area contributed by atoms with Crippen LogP contribution in [0.25, 0.3) is 0 Å². The summed E-state index contributed by atoms with van der Waals surface area (Å²) in [6, 6.07) is 0. The van der Waals surface area contributed by atoms with Gasteiger partial charge in [-0.3, -0.25) is 4.79 Å². The summed E-state index contributed by atoms with van der Waals surface area (Å²) in [6.45, 7) is 1.47. The molecule has 3 atom stereocenters. The largest absolute Gasteiger partial charge is 0.469 e. The first-order valence-electron chi connectivity index (χ1n) is 5.82. The Hall–Kier alpha value is -0.870. The zero-order valence-corrected chi connectivity index (χ0v) is 9.35. The molecule has 0 amide bonds. The Morgan fingerprint density at radius 1 is 1.44 bits per heavy atom. The molecule has 16 heavy (non-hydrogen) atoms. The van der Waals surface area contributed by atoms with Crippen LogP contribution in [0.2, 0.25) is 0 Å². The van der Waals surface area contributed by atoms with Gasteiger partial charge in [-0.2, -0.15) is 0 Å². The zero-order valence-electron chi connectivity index (χ0n) is 9.35. The fraction of sp³-hybridized carbons (Fsp3) is 0.750. The van der Waals surface area contributed by atoms with Crippen molar-refractivity contribution in [3.05, 3.63) is 12.2 Å². The lowest BCUT2D eigenvalue weighted by molar-refractivity contribution is -0.220. The standard InChI is InChI=1S/C12H16O4/c1-14-11(13)8-4-2-5-9-10(8)12(9)15-6-3-7-16-12/h2,4,8-10H,3,5-7H2,1H3/t8-,9-,10+/m1/s1. The molecule has 0 aromatic heterocycles. The van der Waals surface area contributed by atoms with Gasteiger partial charge in [-0.1, -0.05) is 12.2 Å². The summed E-state index contributed by atoms with van der Waals surface area (Å²) in [4.78, 5) is 11.6. The molecule has 0 bridgehead atoms. The van der Waals surface area contributed by atoms with Crippen molar-refractivity contribution in [3.63, 3.8) is 0 Å². The van der Waals surface area contributed by atoms with Crippen molar-refractivity contribution < 1.29 is 19.0 Å². The average molecular weight is 224 g/mol. The van der Waals surface area contributed by atoms with Crippen LogP contribution in [0.1, 0.15) is 12.8 Å². The monoisotopic (exact) mass is 224 g/mol. The molecule has 3 rings (SSSR count). The fourth-order valence-electron chi connectivity index (χ4n) is 3.07. The summed E-state index contributed by atoms with van der Waals surface area (Å²) in [6.07, 6.45) is 5.86. The Balaban J connectivity index is 1.81. The molecule has 0 unspecified atom stereocenters. The van der Waals surface area contributed by atoms with Gasteiger partial charge >= 0.3 is 5.97 Å². The van der Waals surface area contributed by atoms with Crippen LogP contribution in [0.3, 0.4) is 0 Å². The van der Waals surface area contributed by atoms with Gasteiger partial charge < -0.3 is 14.2 Å². The minimum absolute atomic E-state index is 0.158. The first-order chi connectivity index (χ1) is 7.79. The summed E-state index contributed by atoms with van der Waals surface area (Å²) >= 11 is 0. The molecule has 1 saturated heterocycles. The highest BCUT2D eigenvalue weighted by atomic mass is 16.7. The first-order valence-corrected chi connectivity index (χ1v) is 5.82. The smallest absolute Gasteiger partial charge is 0.313 e. The summed E-state index contributed by atoms with van der Waals surface area (Å²) < 4.78 is 16.4. The molecule has 0 aromatic rings. The van der Waals surface area contributed by atoms with Gasteiger partial charge in [0.05, 0.1) is 26.2 Å². The molecule has 1 spiro atoms. The second kappa shape index (κ2) is 3.57. The molecule has 0 N–H and O–H groups in total. The molecule has 0 radical (unpaired) electrons. The van der Waals surface area contributed by atoms with E-state index in [-0.39, 0.29) is 17.8 Å². The van der Waals surface area contributed by atoms with Crippen LogP contribution in [0.4, 0.5) is 0 Å². The van der Waals surface area contributed by atoms with Crippen LogP contribution in [0, 0.1) is 17.8 Å². The highest BCUT2D eigenvalue weighted by Gasteiger charge is 2.72. The topological polar surface area (TPSA) is 44.8 Å². The van der Waals surface area contributed by atoms with Gasteiger partial charge in [0, 0.05) is 11.8 Å². The molecule has 0 aromatic carbocycles. The number of hydrogen-bond acceptors (Lipinski definition) is 4. The first kappa shape index (κ1) is 10.3. The van der Waals surface area contributed by atoms with E-state index in [0.717, 1.165) is 26.1 Å². The number of ether oxygens (including phenoxy) is 3. The van der Waals surface area contributed by atoms with Gasteiger partial charge in [-0.25, -0.2) is 0 Å². The summed E-state index contributed by atoms with van der Waals surface area (Å²) in [5.74, 6) is -0.366. The van der Waals surface area contributed by atoms with E-state index in [0.29, 0.717) is 5.92 Å². The maximum Gasteiger partial charge on any atom is 0.313 e. The van der Waals surface area contributed by atoms with Crippen LogP contribution >= 0.6 is 0 Å². The van der Waals surface area contributed by atoms with Gasteiger partial charge in [-0.05, 0) is 12.8 Å². The van der Waals surface area contributed by atoms with Crippen LogP contribution in [0.5, 0.6) is 0 Å². The third kappa shape index (κ3) is 1.26. The summed E-state index contributed by atoms with van der Waals surface area (Å²) in [7, 11) is 1.43. The van der Waals surface area contributed by atoms with Crippen molar-refractivity contribution in [3.8, 4) is 0 Å². The molecule has 1 saturated carbocycles. The predicted molar refractivity (Wildman–Crippen MR) is 55.5 cm³/mol. The van der Waals surface area contributed by atoms with Crippen molar-refractivity contribution in [2.45, 2.75) is 18.6 Å². The second-order valence-electron chi connectivity index (χ2n) is 4.62. The highest BCUT2D eigenvalue weighted by molar-refractivity contribution is 5.76. The SMILES string of the molecule is COC(=O)[C@@H]1C=CC[C@@H]2[C@H]1C21OCCCO1. The van der Waals surface area contributed by atoms with E-state index in [2.05, 4.69) is 0 Å². The Morgan fingerprint density at radius 3 is 2.88 bits per heavy atom. The molecule has 88 valence electrons. The maximum absolute atomic E-state index is 11.6. The number of allylic oxidation sites excluding steroid dienone is 1. The number of rotatable bonds is 1. The van der Waals surface area contributed by atoms with Gasteiger partial charge in [-0.15, -0.1) is 0 Å². The number of carbonyl (C=O) groups excluding carboxylic acids is 1. The molecular weight excluding hydrogens is 208 g/mol. The zero-order chi connectivity index (χ0) is 11.2. The Morgan fingerprint density at radius 2 is 2.19 bits per heavy atom. The van der Waals surface area contributed by atoms with Crippen molar-refractivity contribution in [2.75, 3.05) is 20.3 Å². The van der Waals surface area contributed by atoms with Crippen LogP contribution in [-0.4, -0.2) is 32.1 Å². The number of fused-ring (bicyclic) bond motifs is 3. The molecular formula is C12H16O4. The normalized spacial score (nSPS) is 39.2. The lowest BCUT2D eigenvalue weighted by Gasteiger charge is -2.25. The number of esters is 1. The molecule has 1 heterocycles. The van der Waals surface area contributed by atoms with Crippen molar-refractivity contribution in [2.24, 2.45) is 17.8 Å². The van der Waals surface area contributed by atoms with Crippen molar-refractivity contribution >= 4 is 5.97 Å². The number of methoxy groups -OCH3 is 1. The minimum atomic E-state index is -0.486. The fourth-order valence-corrected chi connectivity index (χ4v) is 3.07. The Bertz CT molecular complexity index is 330. The van der Waals surface area contributed by atoms with Gasteiger partial charge in [0.15, 0.2) is 5.79 Å². The van der Waals surface area contributed by atoms with E-state index in [4.69, 9.17) is 14.2 Å². The van der Waals surface area contributed by atoms with E-state index in [1.807, 2.05) is 12.2 Å². The summed E-state index contributed by atoms with van der Waals surface area (Å²) in [5.41, 5.74) is 0. The third-order valence-electron chi connectivity index (χ3n) is 3.84. The van der Waals surface area contributed by atoms with Gasteiger partial charge in [0.25, 0.3) is 0 Å². The van der Waals surface area contributed by atoms with Gasteiger partial charge in [0.1, 0.15) is 0 Å². The second-order valence-corrected chi connectivity index (χ2v) is 4.62. The maximum atomic E-state index is 11.6. The lowest BCUT2D eigenvalue weighted by Crippen LogP contribution is -2.32. The Kier molecular flexibility index (Phi) is 2.30. The molecule has 4 nitrogen and oxygen atoms in total. The lowest BCUT2D eigenvalue weighted by atomic mass is 9.96. The van der Waals surface area contributed by atoms with E-state index in [1.165, 1.54) is 7.11 Å². The molecule has 4 heteroatoms. The highest BCUT2D eigenvalue weighted by Crippen LogP contribution is 2.63. The van der Waals surface area contributed by atoms with E-state index >= 15 is 0 Å². The van der Waals surface area contributed by atoms with Crippen molar-refractivity contribution in [1.29, 1.82) is 0 Å². The van der Waals surface area contributed by atoms with Crippen molar-refractivity contribution in [1.82, 2.24) is 0 Å². The predicted octanol–water partition coefficient (Wildman–Crippen LogP) is 1.11. The van der Waals surface area contributed by atoms with Crippen LogP contribution < -0.4 is 0 Å². The van der Waals surface area contributed by atoms with E-state index < -0.39 is 5.79 Å². The van der Waals surface area contributed by atoms with Gasteiger partial charge in [0.2, 0.25) is 0 Å². The minimum Gasteiger partial charge on any atom is -0.469 e. The van der Waals surface area contributed by atoms with E-state index in [1.54, 1.807) is 0 Å². The number of carbonyl (C=O) groups is 1.